The number of nitrogens with zero attached hydrogens (tertiary/aromatic N) is 5. The standard InChI is InChI=1S/C15H18FN7O2/c1-22(15-18-6-9(16)7-19-15)8-10-3-2-4-23(10)14(25)12-5-11(13(17)24)20-21-12/h5-7,10H,2-4,8H2,1H3,(H2,17,24)(H,20,21). The summed E-state index contributed by atoms with van der Waals surface area (Å²) in [7, 11) is 1.79. The molecule has 1 atom stereocenters. The van der Waals surface area contributed by atoms with Crippen LogP contribution in [0.4, 0.5) is 10.3 Å². The van der Waals surface area contributed by atoms with Crippen LogP contribution in [0.15, 0.2) is 18.5 Å². The number of aromatic nitrogens is 4. The van der Waals surface area contributed by atoms with E-state index in [1.54, 1.807) is 16.8 Å². The van der Waals surface area contributed by atoms with Gasteiger partial charge in [0.05, 0.1) is 12.4 Å². The van der Waals surface area contributed by atoms with Crippen LogP contribution in [0.2, 0.25) is 0 Å². The first-order chi connectivity index (χ1) is 12.0. The Kier molecular flexibility index (Phi) is 4.59. The van der Waals surface area contributed by atoms with Crippen LogP contribution in [0, 0.1) is 5.82 Å². The highest BCUT2D eigenvalue weighted by atomic mass is 19.1. The highest BCUT2D eigenvalue weighted by Gasteiger charge is 2.31. The van der Waals surface area contributed by atoms with Gasteiger partial charge in [-0.1, -0.05) is 0 Å². The monoisotopic (exact) mass is 347 g/mol. The van der Waals surface area contributed by atoms with Crippen molar-refractivity contribution in [1.29, 1.82) is 0 Å². The van der Waals surface area contributed by atoms with Crippen LogP contribution >= 0.6 is 0 Å². The van der Waals surface area contributed by atoms with Crippen molar-refractivity contribution in [3.05, 3.63) is 35.7 Å². The zero-order chi connectivity index (χ0) is 18.0. The van der Waals surface area contributed by atoms with Crippen LogP contribution in [0.1, 0.15) is 33.8 Å². The Bertz CT molecular complexity index is 776. The number of H-pyrrole nitrogens is 1. The van der Waals surface area contributed by atoms with E-state index in [0.717, 1.165) is 25.2 Å². The van der Waals surface area contributed by atoms with Crippen molar-refractivity contribution in [2.75, 3.05) is 25.0 Å². The predicted octanol–water partition coefficient (Wildman–Crippen LogP) is 0.179. The predicted molar refractivity (Wildman–Crippen MR) is 86.4 cm³/mol. The molecule has 0 aromatic carbocycles. The number of halogens is 1. The number of carbonyl (C=O) groups is 2. The van der Waals surface area contributed by atoms with Gasteiger partial charge in [-0.15, -0.1) is 0 Å². The molecular formula is C15H18FN7O2. The minimum Gasteiger partial charge on any atom is -0.364 e. The van der Waals surface area contributed by atoms with E-state index in [-0.39, 0.29) is 23.3 Å². The summed E-state index contributed by atoms with van der Waals surface area (Å²) in [5.41, 5.74) is 5.40. The molecule has 3 N–H and O–H groups in total. The summed E-state index contributed by atoms with van der Waals surface area (Å²) in [5.74, 6) is -1.05. The lowest BCUT2D eigenvalue weighted by atomic mass is 10.2. The molecule has 1 fully saturated rings. The maximum Gasteiger partial charge on any atom is 0.272 e. The normalized spacial score (nSPS) is 16.9. The van der Waals surface area contributed by atoms with E-state index in [1.807, 2.05) is 0 Å². The molecule has 1 unspecified atom stereocenters. The van der Waals surface area contributed by atoms with Gasteiger partial charge in [0.15, 0.2) is 11.5 Å². The number of rotatable bonds is 5. The molecule has 1 aliphatic heterocycles. The molecule has 1 saturated heterocycles. The van der Waals surface area contributed by atoms with Crippen LogP contribution < -0.4 is 10.6 Å². The third kappa shape index (κ3) is 3.57. The molecule has 25 heavy (non-hydrogen) atoms. The van der Waals surface area contributed by atoms with Crippen LogP contribution in [0.5, 0.6) is 0 Å². The van der Waals surface area contributed by atoms with E-state index in [0.29, 0.717) is 19.0 Å². The van der Waals surface area contributed by atoms with Gasteiger partial charge >= 0.3 is 0 Å². The number of hydrogen-bond donors (Lipinski definition) is 2. The molecule has 3 rings (SSSR count). The summed E-state index contributed by atoms with van der Waals surface area (Å²) in [4.78, 5) is 35.2. The Morgan fingerprint density at radius 1 is 1.44 bits per heavy atom. The summed E-state index contributed by atoms with van der Waals surface area (Å²) < 4.78 is 12.9. The van der Waals surface area contributed by atoms with E-state index < -0.39 is 11.7 Å². The minimum atomic E-state index is -0.693. The Morgan fingerprint density at radius 3 is 2.80 bits per heavy atom. The third-order valence-corrected chi connectivity index (χ3v) is 4.13. The Morgan fingerprint density at radius 2 is 2.16 bits per heavy atom. The van der Waals surface area contributed by atoms with Gasteiger partial charge in [0, 0.05) is 32.2 Å². The lowest BCUT2D eigenvalue weighted by Gasteiger charge is -2.28. The first kappa shape index (κ1) is 16.8. The zero-order valence-electron chi connectivity index (χ0n) is 13.6. The van der Waals surface area contributed by atoms with E-state index in [4.69, 9.17) is 5.73 Å². The van der Waals surface area contributed by atoms with Crippen molar-refractivity contribution in [2.24, 2.45) is 5.73 Å². The van der Waals surface area contributed by atoms with Crippen LogP contribution in [0.3, 0.4) is 0 Å². The average Bonchev–Trinajstić information content (AvgIpc) is 3.24. The molecule has 0 saturated carbocycles. The molecule has 2 aromatic rings. The maximum atomic E-state index is 12.9. The molecule has 0 spiro atoms. The smallest absolute Gasteiger partial charge is 0.272 e. The molecule has 0 radical (unpaired) electrons. The Hall–Kier alpha value is -3.04. The summed E-state index contributed by atoms with van der Waals surface area (Å²) in [6, 6.07) is 1.30. The van der Waals surface area contributed by atoms with Crippen molar-refractivity contribution in [1.82, 2.24) is 25.1 Å². The number of hydrogen-bond acceptors (Lipinski definition) is 6. The second-order valence-electron chi connectivity index (χ2n) is 5.91. The average molecular weight is 347 g/mol. The number of likely N-dealkylation sites (N-methyl/N-ethyl adjacent to an activating group) is 1. The van der Waals surface area contributed by atoms with Crippen molar-refractivity contribution >= 4 is 17.8 Å². The SMILES string of the molecule is CN(CC1CCCN1C(=O)c1cc(C(N)=O)n[nH]1)c1ncc(F)cn1. The Labute approximate surface area is 143 Å². The van der Waals surface area contributed by atoms with E-state index in [2.05, 4.69) is 20.2 Å². The highest BCUT2D eigenvalue weighted by Crippen LogP contribution is 2.21. The fraction of sp³-hybridized carbons (Fsp3) is 0.400. The third-order valence-electron chi connectivity index (χ3n) is 4.13. The fourth-order valence-corrected chi connectivity index (χ4v) is 2.91. The number of aromatic amines is 1. The number of likely N-dealkylation sites (tertiary alicyclic amines) is 1. The van der Waals surface area contributed by atoms with Crippen LogP contribution in [-0.4, -0.2) is 63.1 Å². The zero-order valence-corrected chi connectivity index (χ0v) is 13.6. The van der Waals surface area contributed by atoms with Crippen molar-refractivity contribution in [3.8, 4) is 0 Å². The first-order valence-electron chi connectivity index (χ1n) is 7.80. The van der Waals surface area contributed by atoms with Gasteiger partial charge < -0.3 is 15.5 Å². The van der Waals surface area contributed by atoms with Gasteiger partial charge in [0.2, 0.25) is 5.95 Å². The van der Waals surface area contributed by atoms with Crippen LogP contribution in [-0.2, 0) is 0 Å². The van der Waals surface area contributed by atoms with Gasteiger partial charge in [-0.3, -0.25) is 14.7 Å². The number of nitrogens with two attached hydrogens (primary N) is 1. The van der Waals surface area contributed by atoms with Gasteiger partial charge in [-0.2, -0.15) is 5.10 Å². The number of amides is 2. The van der Waals surface area contributed by atoms with Crippen molar-refractivity contribution in [3.63, 3.8) is 0 Å². The second kappa shape index (κ2) is 6.83. The van der Waals surface area contributed by atoms with Crippen LogP contribution in [0.25, 0.3) is 0 Å². The number of carbonyl (C=O) groups excluding carboxylic acids is 2. The summed E-state index contributed by atoms with van der Waals surface area (Å²) in [6.45, 7) is 1.11. The quantitative estimate of drug-likeness (QED) is 0.796. The minimum absolute atomic E-state index is 0.0240. The van der Waals surface area contributed by atoms with Gasteiger partial charge in [0.25, 0.3) is 11.8 Å². The maximum absolute atomic E-state index is 12.9. The second-order valence-corrected chi connectivity index (χ2v) is 5.91. The van der Waals surface area contributed by atoms with Crippen molar-refractivity contribution < 1.29 is 14.0 Å². The molecule has 132 valence electrons. The molecule has 0 bridgehead atoms. The molecule has 2 aromatic heterocycles. The van der Waals surface area contributed by atoms with Crippen molar-refractivity contribution in [2.45, 2.75) is 18.9 Å². The molecule has 3 heterocycles. The largest absolute Gasteiger partial charge is 0.364 e. The topological polar surface area (TPSA) is 121 Å². The number of anilines is 1. The molecule has 2 amide bonds. The first-order valence-corrected chi connectivity index (χ1v) is 7.80. The molecule has 0 aliphatic carbocycles. The summed E-state index contributed by atoms with van der Waals surface area (Å²) in [6.07, 6.45) is 3.90. The van der Waals surface area contributed by atoms with E-state index in [1.165, 1.54) is 6.07 Å². The summed E-state index contributed by atoms with van der Waals surface area (Å²) in [5, 5.41) is 6.29. The van der Waals surface area contributed by atoms with Gasteiger partial charge in [-0.25, -0.2) is 14.4 Å². The van der Waals surface area contributed by atoms with Gasteiger partial charge in [0.1, 0.15) is 5.69 Å². The molecular weight excluding hydrogens is 329 g/mol. The highest BCUT2D eigenvalue weighted by molar-refractivity contribution is 5.97. The summed E-state index contributed by atoms with van der Waals surface area (Å²) >= 11 is 0. The van der Waals surface area contributed by atoms with E-state index in [9.17, 15) is 14.0 Å². The molecule has 1 aliphatic rings. The molecule has 10 heteroatoms. The van der Waals surface area contributed by atoms with E-state index >= 15 is 0 Å². The molecule has 9 nitrogen and oxygen atoms in total. The van der Waals surface area contributed by atoms with Gasteiger partial charge in [-0.05, 0) is 12.8 Å². The number of nitrogens with one attached hydrogen (secondary N) is 1. The lowest BCUT2D eigenvalue weighted by Crippen LogP contribution is -2.42. The fourth-order valence-electron chi connectivity index (χ4n) is 2.91. The Balaban J connectivity index is 1.70. The lowest BCUT2D eigenvalue weighted by molar-refractivity contribution is 0.0734. The number of primary amides is 1.